The van der Waals surface area contributed by atoms with E-state index in [1.807, 2.05) is 30.3 Å². The molecule has 2 aromatic rings. The topological polar surface area (TPSA) is 118 Å². The summed E-state index contributed by atoms with van der Waals surface area (Å²) in [5, 5.41) is 5.82. The Hall–Kier alpha value is -2.94. The van der Waals surface area contributed by atoms with Crippen molar-refractivity contribution in [3.63, 3.8) is 0 Å². The Morgan fingerprint density at radius 1 is 1.37 bits per heavy atom. The SMILES string of the molecule is CCCCOc1nc(N)c2c(n1)N(Cc1ccc(CNC)nc1)CC(=O)N2. The molecule has 2 aromatic heterocycles. The van der Waals surface area contributed by atoms with Crippen LogP contribution in [0.3, 0.4) is 0 Å². The minimum Gasteiger partial charge on any atom is -0.463 e. The molecule has 9 nitrogen and oxygen atoms in total. The van der Waals surface area contributed by atoms with Crippen molar-refractivity contribution in [2.45, 2.75) is 32.9 Å². The maximum Gasteiger partial charge on any atom is 0.320 e. The summed E-state index contributed by atoms with van der Waals surface area (Å²) >= 11 is 0. The van der Waals surface area contributed by atoms with Crippen LogP contribution in [0.4, 0.5) is 17.3 Å². The van der Waals surface area contributed by atoms with Crippen LogP contribution in [0, 0.1) is 0 Å². The highest BCUT2D eigenvalue weighted by molar-refractivity contribution is 6.03. The number of hydrogen-bond acceptors (Lipinski definition) is 8. The Kier molecular flexibility index (Phi) is 6.02. The fraction of sp³-hybridized carbons (Fsp3) is 0.444. The third kappa shape index (κ3) is 4.62. The van der Waals surface area contributed by atoms with E-state index in [0.29, 0.717) is 31.2 Å². The third-order valence-corrected chi connectivity index (χ3v) is 4.14. The molecular weight excluding hydrogens is 346 g/mol. The number of nitrogens with two attached hydrogens (primary N) is 1. The number of carbonyl (C=O) groups is 1. The first-order chi connectivity index (χ1) is 13.1. The molecule has 0 saturated heterocycles. The van der Waals surface area contributed by atoms with Crippen LogP contribution < -0.4 is 26.0 Å². The number of carbonyl (C=O) groups excluding carboxylic acids is 1. The first-order valence-corrected chi connectivity index (χ1v) is 9.04. The molecule has 3 rings (SSSR count). The Balaban J connectivity index is 1.83. The fourth-order valence-corrected chi connectivity index (χ4v) is 2.78. The van der Waals surface area contributed by atoms with E-state index in [0.717, 1.165) is 24.1 Å². The highest BCUT2D eigenvalue weighted by Gasteiger charge is 2.27. The van der Waals surface area contributed by atoms with Crippen molar-refractivity contribution in [1.82, 2.24) is 20.3 Å². The summed E-state index contributed by atoms with van der Waals surface area (Å²) in [5.41, 5.74) is 8.38. The van der Waals surface area contributed by atoms with Crippen LogP contribution in [0.1, 0.15) is 31.0 Å². The Morgan fingerprint density at radius 2 is 2.22 bits per heavy atom. The van der Waals surface area contributed by atoms with E-state index < -0.39 is 0 Å². The summed E-state index contributed by atoms with van der Waals surface area (Å²) < 4.78 is 5.60. The highest BCUT2D eigenvalue weighted by atomic mass is 16.5. The maximum atomic E-state index is 12.1. The van der Waals surface area contributed by atoms with Crippen molar-refractivity contribution < 1.29 is 9.53 Å². The molecule has 0 atom stereocenters. The number of hydrogen-bond donors (Lipinski definition) is 3. The van der Waals surface area contributed by atoms with Crippen molar-refractivity contribution in [1.29, 1.82) is 0 Å². The minimum absolute atomic E-state index is 0.155. The van der Waals surface area contributed by atoms with Crippen LogP contribution >= 0.6 is 0 Å². The van der Waals surface area contributed by atoms with E-state index in [1.54, 1.807) is 0 Å². The zero-order valence-electron chi connectivity index (χ0n) is 15.7. The number of ether oxygens (including phenoxy) is 1. The molecule has 0 saturated carbocycles. The number of anilines is 3. The third-order valence-electron chi connectivity index (χ3n) is 4.14. The molecule has 4 N–H and O–H groups in total. The summed E-state index contributed by atoms with van der Waals surface area (Å²) in [6.07, 6.45) is 3.73. The minimum atomic E-state index is -0.155. The zero-order valence-corrected chi connectivity index (χ0v) is 15.7. The lowest BCUT2D eigenvalue weighted by molar-refractivity contribution is -0.115. The molecule has 3 heterocycles. The van der Waals surface area contributed by atoms with Crippen LogP contribution in [-0.2, 0) is 17.9 Å². The number of nitrogens with zero attached hydrogens (tertiary/aromatic N) is 4. The van der Waals surface area contributed by atoms with Crippen molar-refractivity contribution in [3.05, 3.63) is 29.6 Å². The fourth-order valence-electron chi connectivity index (χ4n) is 2.78. The van der Waals surface area contributed by atoms with Gasteiger partial charge in [-0.1, -0.05) is 19.4 Å². The van der Waals surface area contributed by atoms with Gasteiger partial charge in [-0.3, -0.25) is 9.78 Å². The van der Waals surface area contributed by atoms with Crippen molar-refractivity contribution in [2.75, 3.05) is 36.1 Å². The molecular formula is C18H25N7O2. The van der Waals surface area contributed by atoms with E-state index in [-0.39, 0.29) is 24.3 Å². The molecule has 0 unspecified atom stereocenters. The molecule has 0 fully saturated rings. The normalized spacial score (nSPS) is 13.3. The molecule has 0 spiro atoms. The van der Waals surface area contributed by atoms with Crippen molar-refractivity contribution >= 4 is 23.2 Å². The number of amides is 1. The van der Waals surface area contributed by atoms with Crippen LogP contribution in [0.15, 0.2) is 18.3 Å². The summed E-state index contributed by atoms with van der Waals surface area (Å²) in [6, 6.07) is 4.18. The van der Waals surface area contributed by atoms with Gasteiger partial charge in [0.05, 0.1) is 18.8 Å². The number of unbranched alkanes of at least 4 members (excludes halogenated alkanes) is 1. The lowest BCUT2D eigenvalue weighted by Gasteiger charge is -2.30. The lowest BCUT2D eigenvalue weighted by Crippen LogP contribution is -2.39. The van der Waals surface area contributed by atoms with Gasteiger partial charge >= 0.3 is 6.01 Å². The van der Waals surface area contributed by atoms with Gasteiger partial charge in [0.2, 0.25) is 5.91 Å². The average Bonchev–Trinajstić information content (AvgIpc) is 2.65. The summed E-state index contributed by atoms with van der Waals surface area (Å²) in [4.78, 5) is 27.0. The van der Waals surface area contributed by atoms with Gasteiger partial charge < -0.3 is 26.0 Å². The van der Waals surface area contributed by atoms with Crippen LogP contribution in [0.2, 0.25) is 0 Å². The number of aromatic nitrogens is 3. The van der Waals surface area contributed by atoms with E-state index in [4.69, 9.17) is 10.5 Å². The first kappa shape index (κ1) is 18.8. The van der Waals surface area contributed by atoms with Crippen LogP contribution in [0.25, 0.3) is 0 Å². The molecule has 0 radical (unpaired) electrons. The Labute approximate surface area is 158 Å². The lowest BCUT2D eigenvalue weighted by atomic mass is 10.2. The van der Waals surface area contributed by atoms with E-state index in [9.17, 15) is 4.79 Å². The molecule has 0 bridgehead atoms. The highest BCUT2D eigenvalue weighted by Crippen LogP contribution is 2.34. The number of rotatable bonds is 8. The second kappa shape index (κ2) is 8.63. The molecule has 1 aliphatic rings. The Morgan fingerprint density at radius 3 is 2.93 bits per heavy atom. The van der Waals surface area contributed by atoms with E-state index in [2.05, 4.69) is 32.5 Å². The number of nitrogen functional groups attached to an aromatic ring is 1. The zero-order chi connectivity index (χ0) is 19.2. The summed E-state index contributed by atoms with van der Waals surface area (Å²) in [7, 11) is 1.88. The largest absolute Gasteiger partial charge is 0.463 e. The number of pyridine rings is 1. The summed E-state index contributed by atoms with van der Waals surface area (Å²) in [5.74, 6) is 0.608. The molecule has 1 amide bonds. The monoisotopic (exact) mass is 371 g/mol. The summed E-state index contributed by atoms with van der Waals surface area (Å²) in [6.45, 7) is 3.97. The predicted octanol–water partition coefficient (Wildman–Crippen LogP) is 1.31. The van der Waals surface area contributed by atoms with Gasteiger partial charge in [-0.15, -0.1) is 0 Å². The van der Waals surface area contributed by atoms with Crippen molar-refractivity contribution in [2.24, 2.45) is 0 Å². The van der Waals surface area contributed by atoms with E-state index in [1.165, 1.54) is 0 Å². The predicted molar refractivity (Wildman–Crippen MR) is 104 cm³/mol. The first-order valence-electron chi connectivity index (χ1n) is 9.04. The van der Waals surface area contributed by atoms with Crippen LogP contribution in [0.5, 0.6) is 6.01 Å². The standard InChI is InChI=1S/C18H25N7O2/c1-3-4-7-27-18-23-16(19)15-17(24-18)25(11-14(26)22-15)10-12-5-6-13(9-20-2)21-8-12/h5-6,8,20H,3-4,7,9-11H2,1-2H3,(H,22,26)(H2,19,23,24). The molecule has 1 aliphatic heterocycles. The van der Waals surface area contributed by atoms with Gasteiger partial charge in [-0.05, 0) is 25.1 Å². The Bertz CT molecular complexity index is 795. The van der Waals surface area contributed by atoms with Gasteiger partial charge in [0.15, 0.2) is 11.6 Å². The molecule has 0 aromatic carbocycles. The van der Waals surface area contributed by atoms with Gasteiger partial charge in [0.1, 0.15) is 5.69 Å². The molecule has 144 valence electrons. The average molecular weight is 371 g/mol. The van der Waals surface area contributed by atoms with E-state index >= 15 is 0 Å². The second-order valence-corrected chi connectivity index (χ2v) is 6.38. The molecule has 27 heavy (non-hydrogen) atoms. The maximum absolute atomic E-state index is 12.1. The molecule has 0 aliphatic carbocycles. The van der Waals surface area contributed by atoms with Gasteiger partial charge in [-0.2, -0.15) is 9.97 Å². The smallest absolute Gasteiger partial charge is 0.320 e. The number of fused-ring (bicyclic) bond motifs is 1. The second-order valence-electron chi connectivity index (χ2n) is 6.38. The quantitative estimate of drug-likeness (QED) is 0.595. The van der Waals surface area contributed by atoms with Gasteiger partial charge in [0.25, 0.3) is 0 Å². The van der Waals surface area contributed by atoms with Gasteiger partial charge in [0, 0.05) is 19.3 Å². The van der Waals surface area contributed by atoms with Crippen LogP contribution in [-0.4, -0.2) is 41.1 Å². The molecule has 9 heteroatoms. The van der Waals surface area contributed by atoms with Gasteiger partial charge in [-0.25, -0.2) is 0 Å². The van der Waals surface area contributed by atoms with Crippen molar-refractivity contribution in [3.8, 4) is 6.01 Å². The number of nitrogens with one attached hydrogen (secondary N) is 2.